The van der Waals surface area contributed by atoms with Gasteiger partial charge in [0, 0.05) is 24.5 Å². The number of imidazole rings is 1. The number of fused-ring (bicyclic) bond motifs is 1. The monoisotopic (exact) mass is 375 g/mol. The van der Waals surface area contributed by atoms with E-state index in [9.17, 15) is 0 Å². The molecule has 2 N–H and O–H groups in total. The summed E-state index contributed by atoms with van der Waals surface area (Å²) in [6.45, 7) is 1.62. The molecule has 0 atom stereocenters. The molecule has 0 aliphatic heterocycles. The SMILES string of the molecule is Cl.Cl.OCCOCCNc1nc(-n2ccnc2)nc2c1CCCC2. The zero-order chi connectivity index (χ0) is 15.2. The predicted molar refractivity (Wildman–Crippen MR) is 96.7 cm³/mol. The summed E-state index contributed by atoms with van der Waals surface area (Å²) in [5.41, 5.74) is 2.35. The van der Waals surface area contributed by atoms with E-state index >= 15 is 0 Å². The van der Waals surface area contributed by atoms with Crippen LogP contribution in [0.3, 0.4) is 0 Å². The van der Waals surface area contributed by atoms with Crippen LogP contribution >= 0.6 is 24.8 Å². The molecule has 9 heteroatoms. The molecule has 0 aromatic carbocycles. The number of aliphatic hydroxyl groups is 1. The van der Waals surface area contributed by atoms with Crippen LogP contribution in [-0.2, 0) is 17.6 Å². The lowest BCUT2D eigenvalue weighted by Crippen LogP contribution is -2.18. The average molecular weight is 376 g/mol. The molecule has 0 bridgehead atoms. The van der Waals surface area contributed by atoms with Crippen molar-refractivity contribution in [2.45, 2.75) is 25.7 Å². The van der Waals surface area contributed by atoms with Crippen LogP contribution in [0, 0.1) is 0 Å². The van der Waals surface area contributed by atoms with Crippen molar-refractivity contribution >= 4 is 30.6 Å². The van der Waals surface area contributed by atoms with E-state index in [0.717, 1.165) is 24.4 Å². The fraction of sp³-hybridized carbons (Fsp3) is 0.533. The number of aromatic nitrogens is 4. The molecule has 3 rings (SSSR count). The zero-order valence-corrected chi connectivity index (χ0v) is 15.0. The largest absolute Gasteiger partial charge is 0.394 e. The maximum absolute atomic E-state index is 8.71. The zero-order valence-electron chi connectivity index (χ0n) is 13.3. The van der Waals surface area contributed by atoms with Crippen LogP contribution in [0.5, 0.6) is 0 Å². The lowest BCUT2D eigenvalue weighted by molar-refractivity contribution is 0.0992. The van der Waals surface area contributed by atoms with Crippen molar-refractivity contribution in [1.82, 2.24) is 19.5 Å². The highest BCUT2D eigenvalue weighted by atomic mass is 35.5. The fourth-order valence-corrected chi connectivity index (χ4v) is 2.63. The number of aryl methyl sites for hydroxylation is 1. The summed E-state index contributed by atoms with van der Waals surface area (Å²) in [4.78, 5) is 13.4. The van der Waals surface area contributed by atoms with Crippen molar-refractivity contribution < 1.29 is 9.84 Å². The number of rotatable bonds is 7. The molecule has 1 aliphatic carbocycles. The highest BCUT2D eigenvalue weighted by Gasteiger charge is 2.18. The molecule has 0 saturated heterocycles. The Morgan fingerprint density at radius 2 is 2.00 bits per heavy atom. The number of aliphatic hydroxyl groups excluding tert-OH is 1. The van der Waals surface area contributed by atoms with Gasteiger partial charge in [0.2, 0.25) is 5.95 Å². The molecule has 24 heavy (non-hydrogen) atoms. The summed E-state index contributed by atoms with van der Waals surface area (Å²) in [7, 11) is 0. The number of halogens is 2. The Morgan fingerprint density at radius 1 is 1.17 bits per heavy atom. The van der Waals surface area contributed by atoms with Crippen molar-refractivity contribution in [3.05, 3.63) is 30.0 Å². The van der Waals surface area contributed by atoms with E-state index in [1.807, 2.05) is 10.8 Å². The van der Waals surface area contributed by atoms with Gasteiger partial charge < -0.3 is 15.2 Å². The molecule has 7 nitrogen and oxygen atoms in total. The minimum atomic E-state index is 0. The van der Waals surface area contributed by atoms with Gasteiger partial charge in [0.25, 0.3) is 0 Å². The Balaban J connectivity index is 0.00000144. The second kappa shape index (κ2) is 10.5. The number of anilines is 1. The van der Waals surface area contributed by atoms with E-state index in [1.165, 1.54) is 18.4 Å². The summed E-state index contributed by atoms with van der Waals surface area (Å²) in [5, 5.41) is 12.1. The Morgan fingerprint density at radius 3 is 2.75 bits per heavy atom. The van der Waals surface area contributed by atoms with Gasteiger partial charge in [-0.25, -0.2) is 9.97 Å². The first-order chi connectivity index (χ1) is 10.9. The third-order valence-electron chi connectivity index (χ3n) is 3.68. The van der Waals surface area contributed by atoms with Crippen LogP contribution < -0.4 is 5.32 Å². The molecule has 0 amide bonds. The topological polar surface area (TPSA) is 85.1 Å². The van der Waals surface area contributed by atoms with Crippen molar-refractivity contribution in [2.24, 2.45) is 0 Å². The number of nitrogens with one attached hydrogen (secondary N) is 1. The molecule has 0 spiro atoms. The number of hydrogen-bond acceptors (Lipinski definition) is 6. The summed E-state index contributed by atoms with van der Waals surface area (Å²) in [6.07, 6.45) is 9.63. The lowest BCUT2D eigenvalue weighted by Gasteiger charge is -2.20. The van der Waals surface area contributed by atoms with Crippen LogP contribution in [0.1, 0.15) is 24.1 Å². The van der Waals surface area contributed by atoms with Crippen molar-refractivity contribution in [2.75, 3.05) is 31.7 Å². The van der Waals surface area contributed by atoms with Crippen molar-refractivity contribution in [3.63, 3.8) is 0 Å². The van der Waals surface area contributed by atoms with Gasteiger partial charge >= 0.3 is 0 Å². The highest BCUT2D eigenvalue weighted by molar-refractivity contribution is 5.85. The second-order valence-corrected chi connectivity index (χ2v) is 5.24. The van der Waals surface area contributed by atoms with Gasteiger partial charge in [-0.15, -0.1) is 24.8 Å². The lowest BCUT2D eigenvalue weighted by atomic mass is 9.96. The molecule has 0 fully saturated rings. The smallest absolute Gasteiger partial charge is 0.237 e. The van der Waals surface area contributed by atoms with Gasteiger partial charge in [-0.2, -0.15) is 4.98 Å². The number of hydrogen-bond donors (Lipinski definition) is 2. The van der Waals surface area contributed by atoms with E-state index < -0.39 is 0 Å². The van der Waals surface area contributed by atoms with E-state index in [0.29, 0.717) is 25.7 Å². The van der Waals surface area contributed by atoms with Crippen LogP contribution in [0.25, 0.3) is 5.95 Å². The molecular weight excluding hydrogens is 353 g/mol. The van der Waals surface area contributed by atoms with E-state index in [-0.39, 0.29) is 31.4 Å². The Kier molecular flexibility index (Phi) is 8.99. The van der Waals surface area contributed by atoms with Crippen molar-refractivity contribution in [1.29, 1.82) is 0 Å². The molecule has 2 aromatic rings. The van der Waals surface area contributed by atoms with E-state index in [4.69, 9.17) is 9.84 Å². The molecule has 0 saturated carbocycles. The summed E-state index contributed by atoms with van der Waals surface area (Å²) >= 11 is 0. The molecular formula is C15H23Cl2N5O2. The van der Waals surface area contributed by atoms with Gasteiger partial charge in [0.15, 0.2) is 0 Å². The highest BCUT2D eigenvalue weighted by Crippen LogP contribution is 2.26. The number of nitrogens with zero attached hydrogens (tertiary/aromatic N) is 4. The van der Waals surface area contributed by atoms with Crippen molar-refractivity contribution in [3.8, 4) is 5.95 Å². The van der Waals surface area contributed by atoms with E-state index in [1.54, 1.807) is 12.5 Å². The first-order valence-corrected chi connectivity index (χ1v) is 7.69. The van der Waals surface area contributed by atoms with Gasteiger partial charge in [-0.3, -0.25) is 4.57 Å². The summed E-state index contributed by atoms with van der Waals surface area (Å²) < 4.78 is 7.10. The summed E-state index contributed by atoms with van der Waals surface area (Å²) in [6, 6.07) is 0. The van der Waals surface area contributed by atoms with Gasteiger partial charge in [-0.1, -0.05) is 0 Å². The third-order valence-corrected chi connectivity index (χ3v) is 3.68. The standard InChI is InChI=1S/C15H21N5O2.2ClH/c21-8-10-22-9-6-17-14-12-3-1-2-4-13(12)18-15(19-14)20-7-5-16-11-20;;/h5,7,11,21H,1-4,6,8-10H2,(H,17,18,19);2*1H. The second-order valence-electron chi connectivity index (χ2n) is 5.24. The maximum atomic E-state index is 8.71. The summed E-state index contributed by atoms with van der Waals surface area (Å²) in [5.74, 6) is 1.54. The fourth-order valence-electron chi connectivity index (χ4n) is 2.63. The van der Waals surface area contributed by atoms with Crippen LogP contribution in [-0.4, -0.2) is 51.0 Å². The third kappa shape index (κ3) is 5.04. The quantitative estimate of drug-likeness (QED) is 0.717. The van der Waals surface area contributed by atoms with Crippen LogP contribution in [0.15, 0.2) is 18.7 Å². The van der Waals surface area contributed by atoms with E-state index in [2.05, 4.69) is 20.3 Å². The van der Waals surface area contributed by atoms with Crippen LogP contribution in [0.4, 0.5) is 5.82 Å². The molecule has 134 valence electrons. The maximum Gasteiger partial charge on any atom is 0.237 e. The molecule has 2 heterocycles. The van der Waals surface area contributed by atoms with Gasteiger partial charge in [0.1, 0.15) is 12.1 Å². The molecule has 2 aromatic heterocycles. The molecule has 0 radical (unpaired) electrons. The first kappa shape index (κ1) is 20.6. The Hall–Kier alpha value is -1.41. The van der Waals surface area contributed by atoms with Crippen LogP contribution in [0.2, 0.25) is 0 Å². The Labute approximate surface area is 153 Å². The minimum absolute atomic E-state index is 0. The molecule has 1 aliphatic rings. The van der Waals surface area contributed by atoms with Gasteiger partial charge in [0.05, 0.1) is 25.5 Å². The number of ether oxygens (including phenoxy) is 1. The minimum Gasteiger partial charge on any atom is -0.394 e. The normalized spacial score (nSPS) is 12.7. The Bertz CT molecular complexity index is 610. The average Bonchev–Trinajstić information content (AvgIpc) is 3.09. The molecule has 0 unspecified atom stereocenters. The first-order valence-electron chi connectivity index (χ1n) is 7.69. The predicted octanol–water partition coefficient (Wildman–Crippen LogP) is 1.81. The van der Waals surface area contributed by atoms with Gasteiger partial charge in [-0.05, 0) is 25.7 Å².